The highest BCUT2D eigenvalue weighted by atomic mass is 19.1. The predicted octanol–water partition coefficient (Wildman–Crippen LogP) is 3.38. The summed E-state index contributed by atoms with van der Waals surface area (Å²) in [6, 6.07) is 4.93. The molecule has 0 saturated heterocycles. The van der Waals surface area contributed by atoms with Gasteiger partial charge < -0.3 is 9.53 Å². The van der Waals surface area contributed by atoms with E-state index in [0.717, 1.165) is 5.56 Å². The first-order valence-electron chi connectivity index (χ1n) is 5.66. The number of ketones is 1. The van der Waals surface area contributed by atoms with Crippen LogP contribution in [0.4, 0.5) is 4.39 Å². The van der Waals surface area contributed by atoms with Gasteiger partial charge in [-0.3, -0.25) is 0 Å². The van der Waals surface area contributed by atoms with Crippen molar-refractivity contribution in [2.45, 2.75) is 33.6 Å². The van der Waals surface area contributed by atoms with Gasteiger partial charge in [-0.15, -0.1) is 0 Å². The first kappa shape index (κ1) is 13.7. The van der Waals surface area contributed by atoms with Crippen molar-refractivity contribution in [3.8, 4) is 5.75 Å². The number of rotatable bonds is 5. The van der Waals surface area contributed by atoms with Crippen LogP contribution in [0.5, 0.6) is 5.75 Å². The van der Waals surface area contributed by atoms with Crippen molar-refractivity contribution in [3.63, 3.8) is 0 Å². The van der Waals surface area contributed by atoms with E-state index in [0.29, 0.717) is 12.8 Å². The van der Waals surface area contributed by atoms with Crippen LogP contribution in [0.15, 0.2) is 18.2 Å². The second kappa shape index (κ2) is 5.30. The van der Waals surface area contributed by atoms with Crippen molar-refractivity contribution in [2.75, 3.05) is 7.11 Å². The number of hydrogen-bond donors (Lipinski definition) is 0. The molecule has 94 valence electrons. The van der Waals surface area contributed by atoms with Gasteiger partial charge in [0.15, 0.2) is 11.6 Å². The van der Waals surface area contributed by atoms with Crippen LogP contribution >= 0.6 is 0 Å². The fraction of sp³-hybridized carbons (Fsp3) is 0.500. The van der Waals surface area contributed by atoms with E-state index in [1.54, 1.807) is 13.0 Å². The molecule has 0 amide bonds. The summed E-state index contributed by atoms with van der Waals surface area (Å²) in [6.07, 6.45) is 1.17. The minimum absolute atomic E-state index is 0.146. The smallest absolute Gasteiger partial charge is 0.165 e. The minimum atomic E-state index is -0.358. The quantitative estimate of drug-likeness (QED) is 0.786. The van der Waals surface area contributed by atoms with Gasteiger partial charge in [0.2, 0.25) is 0 Å². The Hall–Kier alpha value is -1.38. The minimum Gasteiger partial charge on any atom is -0.494 e. The third-order valence-electron chi connectivity index (χ3n) is 2.63. The van der Waals surface area contributed by atoms with Crippen molar-refractivity contribution >= 4 is 5.78 Å². The summed E-state index contributed by atoms with van der Waals surface area (Å²) in [5.41, 5.74) is 0.738. The molecule has 3 heteroatoms. The third kappa shape index (κ3) is 4.17. The molecule has 0 saturated carbocycles. The molecule has 0 spiro atoms. The van der Waals surface area contributed by atoms with E-state index in [4.69, 9.17) is 4.74 Å². The van der Waals surface area contributed by atoms with Crippen LogP contribution in [-0.4, -0.2) is 12.9 Å². The molecule has 17 heavy (non-hydrogen) atoms. The molecular formula is C14H19FO2. The topological polar surface area (TPSA) is 26.3 Å². The highest BCUT2D eigenvalue weighted by Crippen LogP contribution is 2.28. The van der Waals surface area contributed by atoms with Crippen molar-refractivity contribution in [1.29, 1.82) is 0 Å². The van der Waals surface area contributed by atoms with Crippen LogP contribution < -0.4 is 4.74 Å². The number of benzene rings is 1. The molecule has 2 nitrogen and oxygen atoms in total. The maximum atomic E-state index is 13.5. The fourth-order valence-corrected chi connectivity index (χ4v) is 2.11. The molecule has 0 heterocycles. The van der Waals surface area contributed by atoms with Gasteiger partial charge in [0, 0.05) is 6.42 Å². The molecule has 0 N–H and O–H groups in total. The Morgan fingerprint density at radius 2 is 2.06 bits per heavy atom. The Labute approximate surface area is 102 Å². The lowest BCUT2D eigenvalue weighted by atomic mass is 9.81. The van der Waals surface area contributed by atoms with Crippen molar-refractivity contribution < 1.29 is 13.9 Å². The van der Waals surface area contributed by atoms with Crippen molar-refractivity contribution in [3.05, 3.63) is 29.6 Å². The molecule has 1 aromatic rings. The van der Waals surface area contributed by atoms with Crippen LogP contribution in [-0.2, 0) is 11.2 Å². The Kier molecular flexibility index (Phi) is 4.27. The monoisotopic (exact) mass is 238 g/mol. The second-order valence-corrected chi connectivity index (χ2v) is 5.19. The first-order valence-corrected chi connectivity index (χ1v) is 5.66. The number of hydrogen-bond acceptors (Lipinski definition) is 2. The largest absolute Gasteiger partial charge is 0.494 e. The van der Waals surface area contributed by atoms with Crippen LogP contribution in [0.3, 0.4) is 0 Å². The van der Waals surface area contributed by atoms with E-state index >= 15 is 0 Å². The standard InChI is InChI=1S/C14H19FO2/c1-10(16)8-14(2,3)9-11-5-6-13(17-4)12(15)7-11/h5-7H,8-9H2,1-4H3. The van der Waals surface area contributed by atoms with Gasteiger partial charge in [0.25, 0.3) is 0 Å². The Morgan fingerprint density at radius 1 is 1.41 bits per heavy atom. The van der Waals surface area contributed by atoms with E-state index < -0.39 is 0 Å². The van der Waals surface area contributed by atoms with Gasteiger partial charge in [0.05, 0.1) is 7.11 Å². The van der Waals surface area contributed by atoms with E-state index in [1.807, 2.05) is 19.9 Å². The normalized spacial score (nSPS) is 11.4. The van der Waals surface area contributed by atoms with Gasteiger partial charge >= 0.3 is 0 Å². The van der Waals surface area contributed by atoms with Crippen LogP contribution in [0.2, 0.25) is 0 Å². The van der Waals surface area contributed by atoms with E-state index in [2.05, 4.69) is 0 Å². The predicted molar refractivity (Wildman–Crippen MR) is 65.7 cm³/mol. The molecular weight excluding hydrogens is 219 g/mol. The zero-order valence-electron chi connectivity index (χ0n) is 10.8. The lowest BCUT2D eigenvalue weighted by molar-refractivity contribution is -0.118. The lowest BCUT2D eigenvalue weighted by Crippen LogP contribution is -2.18. The van der Waals surface area contributed by atoms with Crippen LogP contribution in [0.1, 0.15) is 32.8 Å². The fourth-order valence-electron chi connectivity index (χ4n) is 2.11. The summed E-state index contributed by atoms with van der Waals surface area (Å²) in [5.74, 6) is 0.0470. The number of carbonyl (C=O) groups excluding carboxylic acids is 1. The Morgan fingerprint density at radius 3 is 2.53 bits per heavy atom. The molecule has 0 aliphatic rings. The molecule has 0 radical (unpaired) electrons. The van der Waals surface area contributed by atoms with Gasteiger partial charge in [-0.2, -0.15) is 0 Å². The van der Waals surface area contributed by atoms with Crippen molar-refractivity contribution in [1.82, 2.24) is 0 Å². The zero-order chi connectivity index (χ0) is 13.1. The molecule has 0 atom stereocenters. The van der Waals surface area contributed by atoms with Gasteiger partial charge in [0.1, 0.15) is 5.78 Å². The molecule has 0 aromatic heterocycles. The lowest BCUT2D eigenvalue weighted by Gasteiger charge is -2.23. The van der Waals surface area contributed by atoms with Gasteiger partial charge in [-0.05, 0) is 36.5 Å². The summed E-state index contributed by atoms with van der Waals surface area (Å²) in [5, 5.41) is 0. The van der Waals surface area contributed by atoms with E-state index in [1.165, 1.54) is 13.2 Å². The van der Waals surface area contributed by atoms with Crippen LogP contribution in [0.25, 0.3) is 0 Å². The van der Waals surface area contributed by atoms with E-state index in [9.17, 15) is 9.18 Å². The highest BCUT2D eigenvalue weighted by Gasteiger charge is 2.21. The Balaban J connectivity index is 2.81. The summed E-state index contributed by atoms with van der Waals surface area (Å²) in [6.45, 7) is 5.60. The summed E-state index contributed by atoms with van der Waals surface area (Å²) >= 11 is 0. The first-order chi connectivity index (χ1) is 7.84. The molecule has 0 bridgehead atoms. The van der Waals surface area contributed by atoms with Gasteiger partial charge in [-0.1, -0.05) is 19.9 Å². The molecule has 0 aliphatic heterocycles. The number of methoxy groups -OCH3 is 1. The summed E-state index contributed by atoms with van der Waals surface area (Å²) < 4.78 is 18.4. The molecule has 1 rings (SSSR count). The molecule has 1 aromatic carbocycles. The second-order valence-electron chi connectivity index (χ2n) is 5.19. The maximum absolute atomic E-state index is 13.5. The molecule has 0 fully saturated rings. The highest BCUT2D eigenvalue weighted by molar-refractivity contribution is 5.76. The van der Waals surface area contributed by atoms with E-state index in [-0.39, 0.29) is 22.8 Å². The zero-order valence-corrected chi connectivity index (χ0v) is 10.8. The number of ether oxygens (including phenoxy) is 1. The number of carbonyl (C=O) groups is 1. The average Bonchev–Trinajstić information content (AvgIpc) is 2.14. The molecule has 0 unspecified atom stereocenters. The summed E-state index contributed by atoms with van der Waals surface area (Å²) in [7, 11) is 1.44. The summed E-state index contributed by atoms with van der Waals surface area (Å²) in [4.78, 5) is 11.1. The average molecular weight is 238 g/mol. The number of Topliss-reactive ketones (excluding diaryl/α,β-unsaturated/α-hetero) is 1. The maximum Gasteiger partial charge on any atom is 0.165 e. The van der Waals surface area contributed by atoms with Crippen molar-refractivity contribution in [2.24, 2.45) is 5.41 Å². The molecule has 0 aliphatic carbocycles. The number of halogens is 1. The SMILES string of the molecule is COc1ccc(CC(C)(C)CC(C)=O)cc1F. The third-order valence-corrected chi connectivity index (χ3v) is 2.63. The Bertz CT molecular complexity index is 411. The van der Waals surface area contributed by atoms with Gasteiger partial charge in [-0.25, -0.2) is 4.39 Å². The van der Waals surface area contributed by atoms with Crippen LogP contribution in [0, 0.1) is 11.2 Å².